The molecule has 0 aliphatic rings. The number of hydrazine groups is 1. The van der Waals surface area contributed by atoms with Crippen LogP contribution in [-0.4, -0.2) is 32.5 Å². The molecule has 1 heterocycles. The number of hydrogen-bond acceptors (Lipinski definition) is 4. The third-order valence-corrected chi connectivity index (χ3v) is 2.88. The summed E-state index contributed by atoms with van der Waals surface area (Å²) < 4.78 is 23.0. The fraction of sp³-hybridized carbons (Fsp3) is 0.286. The minimum absolute atomic E-state index is 0.297. The molecule has 0 spiro atoms. The molecule has 0 bridgehead atoms. The lowest BCUT2D eigenvalue weighted by Crippen LogP contribution is -2.38. The Balaban J connectivity index is 3.18. The molecule has 0 aliphatic carbocycles. The highest BCUT2D eigenvalue weighted by Gasteiger charge is 2.17. The predicted molar refractivity (Wildman–Crippen MR) is 51.1 cm³/mol. The van der Waals surface area contributed by atoms with Gasteiger partial charge >= 0.3 is 0 Å². The van der Waals surface area contributed by atoms with E-state index >= 15 is 0 Å². The third kappa shape index (κ3) is 2.41. The Kier molecular flexibility index (Phi) is 3.04. The van der Waals surface area contributed by atoms with Crippen LogP contribution in [0.5, 0.6) is 0 Å². The molecule has 0 atom stereocenters. The number of hydrogen-bond donors (Lipinski definition) is 2. The Morgan fingerprint density at radius 1 is 1.43 bits per heavy atom. The smallest absolute Gasteiger partial charge is 0.258 e. The van der Waals surface area contributed by atoms with E-state index in [0.29, 0.717) is 0 Å². The van der Waals surface area contributed by atoms with Gasteiger partial charge in [0.25, 0.3) is 10.0 Å². The van der Waals surface area contributed by atoms with Gasteiger partial charge in [-0.3, -0.25) is 4.79 Å². The molecule has 14 heavy (non-hydrogen) atoms. The van der Waals surface area contributed by atoms with Crippen LogP contribution >= 0.6 is 0 Å². The van der Waals surface area contributed by atoms with Gasteiger partial charge in [-0.2, -0.15) is 0 Å². The van der Waals surface area contributed by atoms with Crippen molar-refractivity contribution in [3.05, 3.63) is 28.7 Å². The van der Waals surface area contributed by atoms with Crippen LogP contribution in [0.15, 0.2) is 28.2 Å². The zero-order valence-corrected chi connectivity index (χ0v) is 8.63. The van der Waals surface area contributed by atoms with E-state index in [0.717, 1.165) is 12.3 Å². The highest BCUT2D eigenvalue weighted by Crippen LogP contribution is 1.99. The summed E-state index contributed by atoms with van der Waals surface area (Å²) in [4.78, 5) is 15.6. The van der Waals surface area contributed by atoms with Crippen LogP contribution in [0.1, 0.15) is 0 Å². The van der Waals surface area contributed by atoms with E-state index in [1.54, 1.807) is 0 Å². The molecule has 0 saturated carbocycles. The number of nitrogens with zero attached hydrogens (tertiary/aromatic N) is 1. The molecule has 1 aromatic heterocycles. The summed E-state index contributed by atoms with van der Waals surface area (Å²) in [6, 6.07) is 1.16. The van der Waals surface area contributed by atoms with E-state index in [-0.39, 0.29) is 4.90 Å². The molecule has 2 N–H and O–H groups in total. The lowest BCUT2D eigenvalue weighted by molar-refractivity contribution is 0.363. The standard InChI is InChI=1S/C7H11N3O3S/c1-10(2)9-14(12,13)7-5-8-4-3-6(7)11/h3-5,9H,1-2H3,(H,8,11). The molecular weight excluding hydrogens is 206 g/mol. The van der Waals surface area contributed by atoms with Crippen LogP contribution in [0.2, 0.25) is 0 Å². The van der Waals surface area contributed by atoms with E-state index in [4.69, 9.17) is 0 Å². The van der Waals surface area contributed by atoms with Gasteiger partial charge < -0.3 is 4.98 Å². The maximum absolute atomic E-state index is 11.5. The molecule has 7 heteroatoms. The molecule has 0 radical (unpaired) electrons. The monoisotopic (exact) mass is 217 g/mol. The second-order valence-electron chi connectivity index (χ2n) is 2.86. The molecule has 0 unspecified atom stereocenters. The summed E-state index contributed by atoms with van der Waals surface area (Å²) >= 11 is 0. The molecule has 0 aromatic carbocycles. The summed E-state index contributed by atoms with van der Waals surface area (Å²) in [5, 5.41) is 1.25. The quantitative estimate of drug-likeness (QED) is 0.645. The van der Waals surface area contributed by atoms with Crippen molar-refractivity contribution in [1.29, 1.82) is 0 Å². The summed E-state index contributed by atoms with van der Waals surface area (Å²) in [6.07, 6.45) is 2.52. The average Bonchev–Trinajstić information content (AvgIpc) is 2.02. The molecule has 0 amide bonds. The van der Waals surface area contributed by atoms with Crippen molar-refractivity contribution >= 4 is 10.0 Å². The van der Waals surface area contributed by atoms with Crippen LogP contribution in [0, 0.1) is 0 Å². The molecule has 0 saturated heterocycles. The number of H-pyrrole nitrogens is 1. The summed E-state index contributed by atoms with van der Waals surface area (Å²) in [7, 11) is -0.713. The number of sulfonamides is 1. The van der Waals surface area contributed by atoms with Gasteiger partial charge in [-0.25, -0.2) is 13.4 Å². The fourth-order valence-corrected chi connectivity index (χ4v) is 2.04. The van der Waals surface area contributed by atoms with Crippen molar-refractivity contribution in [1.82, 2.24) is 14.8 Å². The van der Waals surface area contributed by atoms with E-state index in [2.05, 4.69) is 9.82 Å². The Bertz CT molecular complexity index is 463. The van der Waals surface area contributed by atoms with Crippen molar-refractivity contribution in [3.63, 3.8) is 0 Å². The van der Waals surface area contributed by atoms with Gasteiger partial charge in [0.05, 0.1) is 0 Å². The van der Waals surface area contributed by atoms with Gasteiger partial charge in [0.15, 0.2) is 0 Å². The number of aromatic nitrogens is 1. The number of pyridine rings is 1. The second kappa shape index (κ2) is 3.91. The van der Waals surface area contributed by atoms with Gasteiger partial charge in [0.1, 0.15) is 4.90 Å². The molecule has 6 nitrogen and oxygen atoms in total. The van der Waals surface area contributed by atoms with Crippen molar-refractivity contribution in [2.45, 2.75) is 4.90 Å². The minimum atomic E-state index is -3.76. The highest BCUT2D eigenvalue weighted by molar-refractivity contribution is 7.89. The number of nitrogens with one attached hydrogen (secondary N) is 2. The van der Waals surface area contributed by atoms with Crippen LogP contribution in [0.4, 0.5) is 0 Å². The van der Waals surface area contributed by atoms with Crippen molar-refractivity contribution in [2.75, 3.05) is 14.1 Å². The molecule has 0 aliphatic heterocycles. The fourth-order valence-electron chi connectivity index (χ4n) is 0.900. The van der Waals surface area contributed by atoms with Crippen molar-refractivity contribution in [2.24, 2.45) is 0 Å². The average molecular weight is 217 g/mol. The maximum Gasteiger partial charge on any atom is 0.258 e. The van der Waals surface area contributed by atoms with Crippen LogP contribution < -0.4 is 10.3 Å². The molecule has 1 aromatic rings. The van der Waals surface area contributed by atoms with Gasteiger partial charge in [-0.15, -0.1) is 4.83 Å². The second-order valence-corrected chi connectivity index (χ2v) is 4.49. The highest BCUT2D eigenvalue weighted by atomic mass is 32.2. The largest absolute Gasteiger partial charge is 0.366 e. The van der Waals surface area contributed by atoms with Gasteiger partial charge in [0, 0.05) is 32.6 Å². The molecular formula is C7H11N3O3S. The van der Waals surface area contributed by atoms with E-state index in [9.17, 15) is 13.2 Å². The van der Waals surface area contributed by atoms with Crippen molar-refractivity contribution < 1.29 is 8.42 Å². The zero-order valence-electron chi connectivity index (χ0n) is 7.81. The van der Waals surface area contributed by atoms with Crippen LogP contribution in [0.25, 0.3) is 0 Å². The third-order valence-electron chi connectivity index (χ3n) is 1.38. The molecule has 78 valence electrons. The first-order chi connectivity index (χ1) is 6.43. The van der Waals surface area contributed by atoms with Gasteiger partial charge in [-0.05, 0) is 0 Å². The van der Waals surface area contributed by atoms with Crippen molar-refractivity contribution in [3.8, 4) is 0 Å². The van der Waals surface area contributed by atoms with Crippen LogP contribution in [0.3, 0.4) is 0 Å². The topological polar surface area (TPSA) is 82.3 Å². The lowest BCUT2D eigenvalue weighted by atomic mass is 10.5. The van der Waals surface area contributed by atoms with E-state index in [1.165, 1.54) is 25.3 Å². The minimum Gasteiger partial charge on any atom is -0.366 e. The van der Waals surface area contributed by atoms with Crippen LogP contribution in [-0.2, 0) is 10.0 Å². The zero-order chi connectivity index (χ0) is 10.8. The first-order valence-electron chi connectivity index (χ1n) is 3.80. The Morgan fingerprint density at radius 2 is 2.07 bits per heavy atom. The lowest BCUT2D eigenvalue weighted by Gasteiger charge is -2.11. The molecule has 0 fully saturated rings. The van der Waals surface area contributed by atoms with E-state index < -0.39 is 15.5 Å². The summed E-state index contributed by atoms with van der Waals surface area (Å²) in [5.74, 6) is 0. The summed E-state index contributed by atoms with van der Waals surface area (Å²) in [6.45, 7) is 0. The number of rotatable bonds is 3. The SMILES string of the molecule is CN(C)NS(=O)(=O)c1c[nH]ccc1=O. The summed E-state index contributed by atoms with van der Waals surface area (Å²) in [5.41, 5.74) is -0.543. The first kappa shape index (κ1) is 10.9. The number of aromatic amines is 1. The van der Waals surface area contributed by atoms with Gasteiger partial charge in [0.2, 0.25) is 5.43 Å². The van der Waals surface area contributed by atoms with E-state index in [1.807, 2.05) is 0 Å². The predicted octanol–water partition coefficient (Wildman–Crippen LogP) is -0.870. The Labute approximate surface area is 81.6 Å². The first-order valence-corrected chi connectivity index (χ1v) is 5.28. The maximum atomic E-state index is 11.5. The Morgan fingerprint density at radius 3 is 2.57 bits per heavy atom. The van der Waals surface area contributed by atoms with Gasteiger partial charge in [-0.1, -0.05) is 0 Å². The molecule has 1 rings (SSSR count). The normalized spacial score (nSPS) is 11.9. The Hall–Kier alpha value is -1.18.